The number of rotatable bonds is 2. The van der Waals surface area contributed by atoms with Crippen LogP contribution in [0.15, 0.2) is 11.6 Å². The number of nitrogens with zero attached hydrogens (tertiary/aromatic N) is 1. The Morgan fingerprint density at radius 3 is 3.31 bits per heavy atom. The van der Waals surface area contributed by atoms with E-state index >= 15 is 0 Å². The average Bonchev–Trinajstić information content (AvgIpc) is 2.70. The topological polar surface area (TPSA) is 34.1 Å². The first kappa shape index (κ1) is 9.12. The van der Waals surface area contributed by atoms with Gasteiger partial charge in [0.2, 0.25) is 0 Å². The van der Waals surface area contributed by atoms with Crippen LogP contribution in [0, 0.1) is 0 Å². The molecule has 1 saturated heterocycles. The number of thiazole rings is 1. The van der Waals surface area contributed by atoms with Crippen LogP contribution >= 0.6 is 11.3 Å². The molecule has 4 heteroatoms. The molecule has 0 unspecified atom stereocenters. The van der Waals surface area contributed by atoms with E-state index in [1.54, 1.807) is 18.4 Å². The molecular weight excluding hydrogens is 184 g/mol. The predicted molar refractivity (Wildman–Crippen MR) is 53.1 cm³/mol. The van der Waals surface area contributed by atoms with Crippen molar-refractivity contribution in [3.63, 3.8) is 0 Å². The number of hydrogen-bond donors (Lipinski definition) is 1. The molecule has 72 valence electrons. The number of nitrogens with one attached hydrogen (secondary N) is 1. The number of methoxy groups -OCH3 is 1. The van der Waals surface area contributed by atoms with Gasteiger partial charge in [0.15, 0.2) is 0 Å². The van der Waals surface area contributed by atoms with Crippen LogP contribution in [0.3, 0.4) is 0 Å². The molecule has 0 aliphatic carbocycles. The molecule has 0 bridgehead atoms. The molecule has 13 heavy (non-hydrogen) atoms. The highest BCUT2D eigenvalue weighted by Crippen LogP contribution is 2.26. The Morgan fingerprint density at radius 1 is 1.69 bits per heavy atom. The molecule has 1 aromatic heterocycles. The highest BCUT2D eigenvalue weighted by molar-refractivity contribution is 7.09. The van der Waals surface area contributed by atoms with Gasteiger partial charge in [-0.3, -0.25) is 0 Å². The molecular formula is C9H14N2OS. The molecule has 0 spiro atoms. The van der Waals surface area contributed by atoms with Crippen molar-refractivity contribution < 1.29 is 4.74 Å². The van der Waals surface area contributed by atoms with E-state index < -0.39 is 0 Å². The lowest BCUT2D eigenvalue weighted by Crippen LogP contribution is -2.39. The Kier molecular flexibility index (Phi) is 2.93. The van der Waals surface area contributed by atoms with E-state index in [9.17, 15) is 0 Å². The van der Waals surface area contributed by atoms with E-state index in [4.69, 9.17) is 4.74 Å². The van der Waals surface area contributed by atoms with Crippen LogP contribution in [0.25, 0.3) is 0 Å². The van der Waals surface area contributed by atoms with Gasteiger partial charge in [0.05, 0.1) is 11.1 Å². The summed E-state index contributed by atoms with van der Waals surface area (Å²) in [5, 5.41) is 6.59. The summed E-state index contributed by atoms with van der Waals surface area (Å²) >= 11 is 1.72. The minimum atomic E-state index is 0.340. The standard InChI is InChI=1S/C9H14N2OS/c1-12-8-2-3-10-6-7(8)9-11-4-5-13-9/h4-5,7-8,10H,2-3,6H2,1H3/t7-,8-/m0/s1. The predicted octanol–water partition coefficient (Wildman–Crippen LogP) is 1.23. The van der Waals surface area contributed by atoms with E-state index in [2.05, 4.69) is 10.3 Å². The third-order valence-electron chi connectivity index (χ3n) is 2.49. The fraction of sp³-hybridized carbons (Fsp3) is 0.667. The van der Waals surface area contributed by atoms with Gasteiger partial charge in [-0.05, 0) is 13.0 Å². The Bertz CT molecular complexity index is 250. The second-order valence-corrected chi connectivity index (χ2v) is 4.17. The number of hydrogen-bond acceptors (Lipinski definition) is 4. The molecule has 1 fully saturated rings. The molecule has 3 nitrogen and oxygen atoms in total. The Labute approximate surface area is 82.1 Å². The highest BCUT2D eigenvalue weighted by atomic mass is 32.1. The van der Waals surface area contributed by atoms with E-state index in [1.807, 2.05) is 11.6 Å². The summed E-state index contributed by atoms with van der Waals surface area (Å²) in [6, 6.07) is 0. The van der Waals surface area contributed by atoms with Crippen LogP contribution in [0.1, 0.15) is 17.3 Å². The summed E-state index contributed by atoms with van der Waals surface area (Å²) in [5.41, 5.74) is 0. The van der Waals surface area contributed by atoms with Crippen molar-refractivity contribution >= 4 is 11.3 Å². The molecule has 1 aliphatic heterocycles. The summed E-state index contributed by atoms with van der Waals surface area (Å²) in [4.78, 5) is 4.34. The molecule has 1 aromatic rings. The van der Waals surface area contributed by atoms with Crippen molar-refractivity contribution in [3.8, 4) is 0 Å². The lowest BCUT2D eigenvalue weighted by Gasteiger charge is -2.29. The molecule has 1 N–H and O–H groups in total. The number of piperidine rings is 1. The molecule has 0 aromatic carbocycles. The molecule has 2 heterocycles. The van der Waals surface area contributed by atoms with Gasteiger partial charge in [-0.15, -0.1) is 11.3 Å². The maximum absolute atomic E-state index is 5.45. The minimum Gasteiger partial charge on any atom is -0.381 e. The Morgan fingerprint density at radius 2 is 2.62 bits per heavy atom. The summed E-state index contributed by atoms with van der Waals surface area (Å²) in [7, 11) is 1.79. The third-order valence-corrected chi connectivity index (χ3v) is 3.40. The van der Waals surface area contributed by atoms with Crippen LogP contribution in [0.5, 0.6) is 0 Å². The van der Waals surface area contributed by atoms with Crippen molar-refractivity contribution in [2.75, 3.05) is 20.2 Å². The monoisotopic (exact) mass is 198 g/mol. The number of aromatic nitrogens is 1. The summed E-state index contributed by atoms with van der Waals surface area (Å²) in [6.45, 7) is 2.05. The normalized spacial score (nSPS) is 29.0. The highest BCUT2D eigenvalue weighted by Gasteiger charge is 2.27. The van der Waals surface area contributed by atoms with Gasteiger partial charge in [0.1, 0.15) is 0 Å². The van der Waals surface area contributed by atoms with Crippen molar-refractivity contribution in [3.05, 3.63) is 16.6 Å². The molecule has 2 rings (SSSR count). The van der Waals surface area contributed by atoms with Gasteiger partial charge >= 0.3 is 0 Å². The van der Waals surface area contributed by atoms with Crippen LogP contribution in [-0.4, -0.2) is 31.3 Å². The van der Waals surface area contributed by atoms with Crippen molar-refractivity contribution in [1.82, 2.24) is 10.3 Å². The zero-order valence-corrected chi connectivity index (χ0v) is 8.51. The first-order valence-corrected chi connectivity index (χ1v) is 5.42. The SMILES string of the molecule is CO[C@H]1CCNC[C@@H]1c1nccs1. The fourth-order valence-corrected chi connectivity index (χ4v) is 2.57. The average molecular weight is 198 g/mol. The smallest absolute Gasteiger partial charge is 0.0994 e. The third kappa shape index (κ3) is 1.90. The van der Waals surface area contributed by atoms with E-state index in [0.717, 1.165) is 19.5 Å². The maximum Gasteiger partial charge on any atom is 0.0994 e. The van der Waals surface area contributed by atoms with Crippen LogP contribution in [0.4, 0.5) is 0 Å². The van der Waals surface area contributed by atoms with Crippen LogP contribution < -0.4 is 5.32 Å². The van der Waals surface area contributed by atoms with Crippen LogP contribution in [0.2, 0.25) is 0 Å². The van der Waals surface area contributed by atoms with E-state index in [0.29, 0.717) is 12.0 Å². The minimum absolute atomic E-state index is 0.340. The quantitative estimate of drug-likeness (QED) is 0.776. The maximum atomic E-state index is 5.45. The summed E-state index contributed by atoms with van der Waals surface area (Å²) in [5.74, 6) is 0.443. The zero-order valence-electron chi connectivity index (χ0n) is 7.69. The van der Waals surface area contributed by atoms with Gasteiger partial charge in [0.25, 0.3) is 0 Å². The van der Waals surface area contributed by atoms with Gasteiger partial charge in [0, 0.05) is 31.1 Å². The second-order valence-electron chi connectivity index (χ2n) is 3.24. The van der Waals surface area contributed by atoms with Crippen LogP contribution in [-0.2, 0) is 4.74 Å². The van der Waals surface area contributed by atoms with Gasteiger partial charge in [-0.25, -0.2) is 4.98 Å². The first-order chi connectivity index (χ1) is 6.42. The first-order valence-electron chi connectivity index (χ1n) is 4.54. The fourth-order valence-electron chi connectivity index (χ4n) is 1.78. The molecule has 1 aliphatic rings. The van der Waals surface area contributed by atoms with E-state index in [1.165, 1.54) is 5.01 Å². The summed E-state index contributed by atoms with van der Waals surface area (Å²) < 4.78 is 5.45. The van der Waals surface area contributed by atoms with E-state index in [-0.39, 0.29) is 0 Å². The Hall–Kier alpha value is -0.450. The molecule has 2 atom stereocenters. The van der Waals surface area contributed by atoms with Gasteiger partial charge < -0.3 is 10.1 Å². The largest absolute Gasteiger partial charge is 0.381 e. The van der Waals surface area contributed by atoms with Crippen molar-refractivity contribution in [2.45, 2.75) is 18.4 Å². The molecule has 0 amide bonds. The van der Waals surface area contributed by atoms with Gasteiger partial charge in [-0.1, -0.05) is 0 Å². The zero-order chi connectivity index (χ0) is 9.10. The lowest BCUT2D eigenvalue weighted by molar-refractivity contribution is 0.0585. The number of ether oxygens (including phenoxy) is 1. The second kappa shape index (κ2) is 4.17. The van der Waals surface area contributed by atoms with Crippen molar-refractivity contribution in [1.29, 1.82) is 0 Å². The van der Waals surface area contributed by atoms with Crippen molar-refractivity contribution in [2.24, 2.45) is 0 Å². The summed E-state index contributed by atoms with van der Waals surface area (Å²) in [6.07, 6.45) is 3.29. The molecule has 0 radical (unpaired) electrons. The van der Waals surface area contributed by atoms with Gasteiger partial charge in [-0.2, -0.15) is 0 Å². The lowest BCUT2D eigenvalue weighted by atomic mass is 9.97. The molecule has 0 saturated carbocycles. The Balaban J connectivity index is 2.11.